The molecule has 0 amide bonds. The molecule has 1 aliphatic rings. The van der Waals surface area contributed by atoms with Gasteiger partial charge in [-0.15, -0.1) is 37.2 Å². The molecule has 0 spiro atoms. The van der Waals surface area contributed by atoms with Gasteiger partial charge in [0.2, 0.25) is 0 Å². The van der Waals surface area contributed by atoms with Crippen molar-refractivity contribution in [2.45, 2.75) is 38.5 Å². The lowest BCUT2D eigenvalue weighted by Gasteiger charge is -2.05. The van der Waals surface area contributed by atoms with Crippen LogP contribution in [-0.4, -0.2) is 0 Å². The summed E-state index contributed by atoms with van der Waals surface area (Å²) in [6, 6.07) is 0. The smallest absolute Gasteiger partial charge is 0.0267 e. The van der Waals surface area contributed by atoms with Crippen molar-refractivity contribution in [3.05, 3.63) is 0 Å². The molecule has 0 atom stereocenters. The molecule has 9 heavy (non-hydrogen) atoms. The molecular weight excluding hydrogens is 178 g/mol. The highest BCUT2D eigenvalue weighted by Gasteiger charge is 1.95. The minimum atomic E-state index is 0. The first-order valence-corrected chi connectivity index (χ1v) is 2.82. The topological polar surface area (TPSA) is 0 Å². The summed E-state index contributed by atoms with van der Waals surface area (Å²) in [5.74, 6) is 0. The summed E-state index contributed by atoms with van der Waals surface area (Å²) in [4.78, 5) is 0. The van der Waals surface area contributed by atoms with Gasteiger partial charge in [-0.3, -0.25) is 0 Å². The summed E-state index contributed by atoms with van der Waals surface area (Å²) in [5.41, 5.74) is 0. The Balaban J connectivity index is -0.000000163. The van der Waals surface area contributed by atoms with E-state index in [1.54, 1.807) is 0 Å². The van der Waals surface area contributed by atoms with E-state index in [1.165, 1.54) is 19.3 Å². The molecule has 3 heteroatoms. The zero-order valence-electron chi connectivity index (χ0n) is 6.34. The molecule has 0 bridgehead atoms. The standard InChI is InChI=1S/C6H12.3ClH/c1-2-4-6-5-3-1;;;/h1-6H2;3*1H/i1D;;;. The molecule has 1 rings (SSSR count). The molecule has 0 saturated heterocycles. The number of hydrogen-bond acceptors (Lipinski definition) is 0. The van der Waals surface area contributed by atoms with Gasteiger partial charge in [-0.2, -0.15) is 0 Å². The van der Waals surface area contributed by atoms with Crippen molar-refractivity contribution < 1.29 is 1.37 Å². The molecule has 1 saturated carbocycles. The predicted molar refractivity (Wildman–Crippen MR) is 49.4 cm³/mol. The zero-order chi connectivity index (χ0) is 5.11. The van der Waals surface area contributed by atoms with E-state index in [0.29, 0.717) is 0 Å². The second-order valence-electron chi connectivity index (χ2n) is 1.93. The molecule has 0 aromatic carbocycles. The van der Waals surface area contributed by atoms with Gasteiger partial charge in [-0.1, -0.05) is 38.5 Å². The fraction of sp³-hybridized carbons (Fsp3) is 1.00. The summed E-state index contributed by atoms with van der Waals surface area (Å²) in [5, 5.41) is 0. The molecule has 1 fully saturated rings. The third-order valence-electron chi connectivity index (χ3n) is 1.32. The van der Waals surface area contributed by atoms with Crippen LogP contribution in [0, 0.1) is 0 Å². The van der Waals surface area contributed by atoms with Gasteiger partial charge in [0.1, 0.15) is 0 Å². The largest absolute Gasteiger partial charge is 0.147 e. The van der Waals surface area contributed by atoms with Crippen molar-refractivity contribution in [2.24, 2.45) is 0 Å². The third-order valence-corrected chi connectivity index (χ3v) is 1.32. The quantitative estimate of drug-likeness (QED) is 0.553. The van der Waals surface area contributed by atoms with Crippen LogP contribution in [0.25, 0.3) is 0 Å². The van der Waals surface area contributed by atoms with Gasteiger partial charge in [0, 0.05) is 1.37 Å². The number of rotatable bonds is 0. The van der Waals surface area contributed by atoms with Gasteiger partial charge < -0.3 is 0 Å². The molecule has 0 N–H and O–H groups in total. The highest BCUT2D eigenvalue weighted by Crippen LogP contribution is 2.15. The Bertz CT molecular complexity index is 55.0. The van der Waals surface area contributed by atoms with Gasteiger partial charge >= 0.3 is 0 Å². The molecule has 0 nitrogen and oxygen atoms in total. The second-order valence-corrected chi connectivity index (χ2v) is 1.93. The van der Waals surface area contributed by atoms with Crippen LogP contribution < -0.4 is 0 Å². The molecule has 1 aliphatic carbocycles. The summed E-state index contributed by atoms with van der Waals surface area (Å²) >= 11 is 0. The van der Waals surface area contributed by atoms with E-state index >= 15 is 0 Å². The summed E-state index contributed by atoms with van der Waals surface area (Å²) < 4.78 is 7.27. The Kier molecular flexibility index (Phi) is 16.2. The van der Waals surface area contributed by atoms with Crippen molar-refractivity contribution in [1.82, 2.24) is 0 Å². The van der Waals surface area contributed by atoms with E-state index in [2.05, 4.69) is 0 Å². The average Bonchev–Trinajstić information content (AvgIpc) is 1.69. The fourth-order valence-corrected chi connectivity index (χ4v) is 0.898. The Morgan fingerprint density at radius 2 is 1.00 bits per heavy atom. The summed E-state index contributed by atoms with van der Waals surface area (Å²) in [6.07, 6.45) is 6.56. The molecule has 0 unspecified atom stereocenters. The van der Waals surface area contributed by atoms with Crippen molar-refractivity contribution in [2.75, 3.05) is 0 Å². The SMILES string of the molecule is Cl.Cl.Cl.[2H]C1CCCCC1. The number of halogens is 3. The maximum absolute atomic E-state index is 7.27. The molecule has 0 aromatic heterocycles. The monoisotopic (exact) mass is 193 g/mol. The lowest BCUT2D eigenvalue weighted by Crippen LogP contribution is -1.85. The van der Waals surface area contributed by atoms with Crippen LogP contribution in [0.3, 0.4) is 0 Å². The first-order chi connectivity index (χ1) is 3.39. The normalized spacial score (nSPS) is 19.8. The van der Waals surface area contributed by atoms with Crippen molar-refractivity contribution in [3.63, 3.8) is 0 Å². The average molecular weight is 195 g/mol. The van der Waals surface area contributed by atoms with E-state index in [4.69, 9.17) is 1.37 Å². The van der Waals surface area contributed by atoms with Crippen LogP contribution >= 0.6 is 37.2 Å². The van der Waals surface area contributed by atoms with Gasteiger partial charge in [0.15, 0.2) is 0 Å². The van der Waals surface area contributed by atoms with Crippen LogP contribution in [0.2, 0.25) is 0 Å². The van der Waals surface area contributed by atoms with E-state index in [1.807, 2.05) is 0 Å². The van der Waals surface area contributed by atoms with Gasteiger partial charge in [-0.05, 0) is 0 Å². The molecular formula is C6H15Cl3. The summed E-state index contributed by atoms with van der Waals surface area (Å²) in [6.45, 7) is 0. The minimum absolute atomic E-state index is 0. The summed E-state index contributed by atoms with van der Waals surface area (Å²) in [7, 11) is 0. The fourth-order valence-electron chi connectivity index (χ4n) is 0.898. The molecule has 60 valence electrons. The van der Waals surface area contributed by atoms with Crippen molar-refractivity contribution in [1.29, 1.82) is 0 Å². The first-order valence-electron chi connectivity index (χ1n) is 3.39. The van der Waals surface area contributed by atoms with Crippen LogP contribution in [0.4, 0.5) is 0 Å². The first kappa shape index (κ1) is 12.5. The van der Waals surface area contributed by atoms with E-state index < -0.39 is 0 Å². The Hall–Kier alpha value is 0.870. The van der Waals surface area contributed by atoms with Crippen LogP contribution in [0.5, 0.6) is 0 Å². The van der Waals surface area contributed by atoms with Crippen LogP contribution in [0.1, 0.15) is 39.9 Å². The minimum Gasteiger partial charge on any atom is -0.147 e. The van der Waals surface area contributed by atoms with E-state index in [-0.39, 0.29) is 43.6 Å². The number of hydrogen-bond donors (Lipinski definition) is 0. The van der Waals surface area contributed by atoms with Gasteiger partial charge in [-0.25, -0.2) is 0 Å². The highest BCUT2D eigenvalue weighted by atomic mass is 35.5. The maximum Gasteiger partial charge on any atom is 0.0267 e. The Morgan fingerprint density at radius 1 is 0.667 bits per heavy atom. The van der Waals surface area contributed by atoms with E-state index in [9.17, 15) is 0 Å². The molecule has 0 radical (unpaired) electrons. The Labute approximate surface area is 77.4 Å². The molecule has 0 aromatic rings. The van der Waals surface area contributed by atoms with E-state index in [0.717, 1.165) is 12.8 Å². The lowest BCUT2D eigenvalue weighted by atomic mass is 10.0. The van der Waals surface area contributed by atoms with Gasteiger partial charge in [0.05, 0.1) is 0 Å². The molecule has 0 aliphatic heterocycles. The predicted octanol–water partition coefficient (Wildman–Crippen LogP) is 3.61. The maximum atomic E-state index is 7.27. The van der Waals surface area contributed by atoms with Crippen LogP contribution in [0.15, 0.2) is 0 Å². The van der Waals surface area contributed by atoms with Gasteiger partial charge in [0.25, 0.3) is 0 Å². The highest BCUT2D eigenvalue weighted by molar-refractivity contribution is 5.86. The Morgan fingerprint density at radius 3 is 1.22 bits per heavy atom. The third kappa shape index (κ3) is 8.87. The van der Waals surface area contributed by atoms with Crippen LogP contribution in [-0.2, 0) is 0 Å². The van der Waals surface area contributed by atoms with Crippen molar-refractivity contribution in [3.8, 4) is 0 Å². The zero-order valence-corrected chi connectivity index (χ0v) is 7.79. The lowest BCUT2D eigenvalue weighted by molar-refractivity contribution is 0.504. The molecule has 0 heterocycles. The second kappa shape index (κ2) is 11.6. The van der Waals surface area contributed by atoms with Crippen molar-refractivity contribution >= 4 is 37.2 Å².